The van der Waals surface area contributed by atoms with Crippen LogP contribution in [0.5, 0.6) is 0 Å². The summed E-state index contributed by atoms with van der Waals surface area (Å²) in [5.74, 6) is -1.47. The lowest BCUT2D eigenvalue weighted by molar-refractivity contribution is -0.121. The number of halogens is 1. The van der Waals surface area contributed by atoms with Gasteiger partial charge < -0.3 is 10.0 Å². The number of nitrogens with zero attached hydrogens (tertiary/aromatic N) is 1. The standard InChI is InChI=1S/C21H16ClNO3S/c22-16-8-6-13-10-15(7-9-16)20(24)23(12-13)17-11-18(27-19(17)21(25)26)14-4-2-1-3-5-14/h1-9,11,15H,10,12H2,(H,25,26)/b9-7+,13-6+,16-8+. The van der Waals surface area contributed by atoms with Crippen molar-refractivity contribution < 1.29 is 14.7 Å². The molecule has 1 unspecified atom stereocenters. The van der Waals surface area contributed by atoms with E-state index >= 15 is 0 Å². The minimum atomic E-state index is -1.02. The maximum Gasteiger partial charge on any atom is 0.348 e. The van der Waals surface area contributed by atoms with Gasteiger partial charge in [-0.3, -0.25) is 4.79 Å². The van der Waals surface area contributed by atoms with Crippen LogP contribution in [0.2, 0.25) is 0 Å². The van der Waals surface area contributed by atoms with Crippen molar-refractivity contribution in [2.24, 2.45) is 5.92 Å². The number of allylic oxidation sites excluding steroid dienone is 4. The minimum Gasteiger partial charge on any atom is -0.477 e. The van der Waals surface area contributed by atoms with Gasteiger partial charge in [-0.2, -0.15) is 0 Å². The van der Waals surface area contributed by atoms with E-state index in [0.717, 1.165) is 16.0 Å². The summed E-state index contributed by atoms with van der Waals surface area (Å²) in [5.41, 5.74) is 2.44. The Morgan fingerprint density at radius 3 is 2.74 bits per heavy atom. The van der Waals surface area contributed by atoms with E-state index in [-0.39, 0.29) is 16.7 Å². The van der Waals surface area contributed by atoms with Crippen molar-refractivity contribution in [3.8, 4) is 10.4 Å². The van der Waals surface area contributed by atoms with Gasteiger partial charge in [0.2, 0.25) is 5.91 Å². The van der Waals surface area contributed by atoms with Crippen LogP contribution in [0.3, 0.4) is 0 Å². The molecule has 6 heteroatoms. The summed E-state index contributed by atoms with van der Waals surface area (Å²) in [5, 5.41) is 10.3. The molecule has 1 aromatic heterocycles. The highest BCUT2D eigenvalue weighted by Gasteiger charge is 2.34. The lowest BCUT2D eigenvalue weighted by Crippen LogP contribution is -2.42. The summed E-state index contributed by atoms with van der Waals surface area (Å²) in [6.07, 6.45) is 7.87. The zero-order valence-corrected chi connectivity index (χ0v) is 15.8. The molecule has 1 aliphatic carbocycles. The number of fused-ring (bicyclic) bond motifs is 2. The third-order valence-corrected chi connectivity index (χ3v) is 6.06. The first-order valence-electron chi connectivity index (χ1n) is 8.50. The average Bonchev–Trinajstić information content (AvgIpc) is 3.11. The Balaban J connectivity index is 1.79. The van der Waals surface area contributed by atoms with Gasteiger partial charge in [0.1, 0.15) is 4.88 Å². The zero-order chi connectivity index (χ0) is 19.0. The molecule has 2 aliphatic rings. The molecular formula is C21H16ClNO3S. The van der Waals surface area contributed by atoms with E-state index in [2.05, 4.69) is 0 Å². The summed E-state index contributed by atoms with van der Waals surface area (Å²) in [4.78, 5) is 27.5. The summed E-state index contributed by atoms with van der Waals surface area (Å²) >= 11 is 7.26. The fourth-order valence-electron chi connectivity index (χ4n) is 3.33. The van der Waals surface area contributed by atoms with Gasteiger partial charge in [0.25, 0.3) is 0 Å². The maximum atomic E-state index is 13.0. The Bertz CT molecular complexity index is 1000. The number of benzene rings is 1. The SMILES string of the molecule is O=C(O)c1sc(-c2ccccc2)cc1N1C/C2=C/C=C(Cl)\C=C\C(C2)C1=O. The molecule has 0 saturated carbocycles. The molecule has 2 heterocycles. The van der Waals surface area contributed by atoms with E-state index in [9.17, 15) is 14.7 Å². The molecule has 2 bridgehead atoms. The third-order valence-electron chi connectivity index (χ3n) is 4.65. The Morgan fingerprint density at radius 1 is 1.22 bits per heavy atom. The number of carbonyl (C=O) groups excluding carboxylic acids is 1. The van der Waals surface area contributed by atoms with Gasteiger partial charge in [0.05, 0.1) is 11.6 Å². The van der Waals surface area contributed by atoms with Crippen LogP contribution in [0.25, 0.3) is 10.4 Å². The fraction of sp³-hybridized carbons (Fsp3) is 0.143. The second kappa shape index (κ2) is 7.18. The molecule has 4 rings (SSSR count). The summed E-state index contributed by atoms with van der Waals surface area (Å²) < 4.78 is 0. The number of carboxylic acids is 1. The van der Waals surface area contributed by atoms with Crippen LogP contribution >= 0.6 is 22.9 Å². The van der Waals surface area contributed by atoms with Gasteiger partial charge in [-0.05, 0) is 35.8 Å². The maximum absolute atomic E-state index is 13.0. The fourth-order valence-corrected chi connectivity index (χ4v) is 4.47. The highest BCUT2D eigenvalue weighted by atomic mass is 35.5. The molecule has 27 heavy (non-hydrogen) atoms. The number of anilines is 1. The van der Waals surface area contributed by atoms with Gasteiger partial charge in [0.15, 0.2) is 0 Å². The molecule has 1 amide bonds. The second-order valence-electron chi connectivity index (χ2n) is 6.47. The lowest BCUT2D eigenvalue weighted by Gasteiger charge is -2.33. The first-order chi connectivity index (χ1) is 13.0. The summed E-state index contributed by atoms with van der Waals surface area (Å²) in [7, 11) is 0. The lowest BCUT2D eigenvalue weighted by atomic mass is 9.90. The Hall–Kier alpha value is -2.63. The Labute approximate surface area is 165 Å². The number of piperidine rings is 1. The first-order valence-corrected chi connectivity index (χ1v) is 9.70. The van der Waals surface area contributed by atoms with E-state index in [1.165, 1.54) is 11.3 Å². The number of rotatable bonds is 3. The van der Waals surface area contributed by atoms with Gasteiger partial charge in [-0.15, -0.1) is 11.3 Å². The molecule has 1 N–H and O–H groups in total. The molecule has 136 valence electrons. The summed E-state index contributed by atoms with van der Waals surface area (Å²) in [6.45, 7) is 0.370. The number of amides is 1. The van der Waals surface area contributed by atoms with E-state index < -0.39 is 5.97 Å². The van der Waals surface area contributed by atoms with Crippen molar-refractivity contribution in [3.63, 3.8) is 0 Å². The molecule has 1 aromatic carbocycles. The monoisotopic (exact) mass is 397 g/mol. The van der Waals surface area contributed by atoms with Crippen molar-refractivity contribution >= 4 is 40.5 Å². The van der Waals surface area contributed by atoms with E-state index in [4.69, 9.17) is 11.6 Å². The molecular weight excluding hydrogens is 382 g/mol. The number of hydrogen-bond acceptors (Lipinski definition) is 3. The number of hydrogen-bond donors (Lipinski definition) is 1. The zero-order valence-electron chi connectivity index (χ0n) is 14.3. The third kappa shape index (κ3) is 3.48. The smallest absolute Gasteiger partial charge is 0.348 e. The molecule has 1 fully saturated rings. The molecule has 1 atom stereocenters. The van der Waals surface area contributed by atoms with Crippen LogP contribution in [-0.2, 0) is 4.79 Å². The number of carbonyl (C=O) groups is 2. The van der Waals surface area contributed by atoms with E-state index in [1.807, 2.05) is 36.4 Å². The van der Waals surface area contributed by atoms with Gasteiger partial charge >= 0.3 is 5.97 Å². The van der Waals surface area contributed by atoms with Gasteiger partial charge in [-0.25, -0.2) is 4.79 Å². The quantitative estimate of drug-likeness (QED) is 0.785. The Morgan fingerprint density at radius 2 is 2.00 bits per heavy atom. The van der Waals surface area contributed by atoms with Gasteiger partial charge in [-0.1, -0.05) is 54.1 Å². The summed E-state index contributed by atoms with van der Waals surface area (Å²) in [6, 6.07) is 11.4. The van der Waals surface area contributed by atoms with Crippen LogP contribution in [0, 0.1) is 5.92 Å². The van der Waals surface area contributed by atoms with Crippen molar-refractivity contribution in [3.05, 3.63) is 76.2 Å². The molecule has 1 aliphatic heterocycles. The highest BCUT2D eigenvalue weighted by molar-refractivity contribution is 7.18. The first kappa shape index (κ1) is 17.8. The van der Waals surface area contributed by atoms with Gasteiger partial charge in [0, 0.05) is 16.5 Å². The predicted molar refractivity (Wildman–Crippen MR) is 108 cm³/mol. The highest BCUT2D eigenvalue weighted by Crippen LogP contribution is 2.40. The normalized spacial score (nSPS) is 24.3. The topological polar surface area (TPSA) is 57.6 Å². The van der Waals surface area contributed by atoms with Crippen LogP contribution in [-0.4, -0.2) is 23.5 Å². The molecule has 4 nitrogen and oxygen atoms in total. The van der Waals surface area contributed by atoms with Crippen molar-refractivity contribution in [1.82, 2.24) is 0 Å². The molecule has 0 spiro atoms. The van der Waals surface area contributed by atoms with Crippen molar-refractivity contribution in [2.45, 2.75) is 6.42 Å². The number of thiophene rings is 1. The average molecular weight is 398 g/mol. The van der Waals surface area contributed by atoms with E-state index in [0.29, 0.717) is 23.7 Å². The second-order valence-corrected chi connectivity index (χ2v) is 7.96. The number of aromatic carboxylic acids is 1. The van der Waals surface area contributed by atoms with Crippen LogP contribution in [0.4, 0.5) is 5.69 Å². The van der Waals surface area contributed by atoms with Crippen molar-refractivity contribution in [1.29, 1.82) is 0 Å². The molecule has 0 radical (unpaired) electrons. The van der Waals surface area contributed by atoms with Crippen LogP contribution in [0.1, 0.15) is 16.1 Å². The van der Waals surface area contributed by atoms with Crippen LogP contribution in [0.15, 0.2) is 71.3 Å². The van der Waals surface area contributed by atoms with E-state index in [1.54, 1.807) is 29.2 Å². The molecule has 2 aromatic rings. The minimum absolute atomic E-state index is 0.102. The predicted octanol–water partition coefficient (Wildman–Crippen LogP) is 5.09. The number of carboxylic acid groups (broad SMARTS) is 1. The molecule has 1 saturated heterocycles. The van der Waals surface area contributed by atoms with Crippen LogP contribution < -0.4 is 4.90 Å². The van der Waals surface area contributed by atoms with Crippen molar-refractivity contribution in [2.75, 3.05) is 11.4 Å². The largest absolute Gasteiger partial charge is 0.477 e. The Kier molecular flexibility index (Phi) is 4.72.